The van der Waals surface area contributed by atoms with Crippen molar-refractivity contribution in [1.82, 2.24) is 20.5 Å². The Labute approximate surface area is 109 Å². The third-order valence-electron chi connectivity index (χ3n) is 2.71. The predicted octanol–water partition coefficient (Wildman–Crippen LogP) is 1.22. The molecular formula is C13H22N4O. The molecule has 1 aromatic heterocycles. The highest BCUT2D eigenvalue weighted by Gasteiger charge is 2.08. The molecule has 18 heavy (non-hydrogen) atoms. The molecule has 0 saturated carbocycles. The first kappa shape index (κ1) is 14.4. The van der Waals surface area contributed by atoms with Gasteiger partial charge in [-0.15, -0.1) is 0 Å². The van der Waals surface area contributed by atoms with Crippen LogP contribution in [0, 0.1) is 0 Å². The van der Waals surface area contributed by atoms with Gasteiger partial charge in [-0.1, -0.05) is 6.92 Å². The highest BCUT2D eigenvalue weighted by molar-refractivity contribution is 5.74. The van der Waals surface area contributed by atoms with Gasteiger partial charge < -0.3 is 15.5 Å². The van der Waals surface area contributed by atoms with Crippen LogP contribution in [-0.2, 0) is 6.54 Å². The van der Waals surface area contributed by atoms with Gasteiger partial charge in [0.05, 0.1) is 0 Å². The molecule has 2 amide bonds. The monoisotopic (exact) mass is 250 g/mol. The third-order valence-corrected chi connectivity index (χ3v) is 2.71. The van der Waals surface area contributed by atoms with E-state index in [0.29, 0.717) is 6.54 Å². The van der Waals surface area contributed by atoms with Crippen LogP contribution in [0.15, 0.2) is 24.5 Å². The minimum absolute atomic E-state index is 0.132. The minimum Gasteiger partial charge on any atom is -0.334 e. The van der Waals surface area contributed by atoms with Crippen LogP contribution < -0.4 is 10.6 Å². The Morgan fingerprint density at radius 1 is 1.44 bits per heavy atom. The number of carbonyl (C=O) groups is 1. The number of nitrogens with zero attached hydrogens (tertiary/aromatic N) is 2. The summed E-state index contributed by atoms with van der Waals surface area (Å²) in [6, 6.07) is 3.76. The zero-order valence-electron chi connectivity index (χ0n) is 11.3. The molecular weight excluding hydrogens is 228 g/mol. The lowest BCUT2D eigenvalue weighted by Crippen LogP contribution is -2.45. The van der Waals surface area contributed by atoms with E-state index in [1.54, 1.807) is 12.4 Å². The number of urea groups is 1. The molecule has 5 heteroatoms. The molecule has 2 N–H and O–H groups in total. The predicted molar refractivity (Wildman–Crippen MR) is 72.2 cm³/mol. The molecule has 0 spiro atoms. The highest BCUT2D eigenvalue weighted by Crippen LogP contribution is 1.95. The average Bonchev–Trinajstić information content (AvgIpc) is 2.37. The van der Waals surface area contributed by atoms with E-state index in [2.05, 4.69) is 27.4 Å². The molecule has 0 aromatic carbocycles. The Morgan fingerprint density at radius 3 is 2.72 bits per heavy atom. The van der Waals surface area contributed by atoms with Gasteiger partial charge in [0.1, 0.15) is 0 Å². The van der Waals surface area contributed by atoms with Crippen molar-refractivity contribution in [3.63, 3.8) is 0 Å². The Kier molecular flexibility index (Phi) is 6.14. The molecule has 1 heterocycles. The summed E-state index contributed by atoms with van der Waals surface area (Å²) in [4.78, 5) is 17.7. The van der Waals surface area contributed by atoms with Crippen molar-refractivity contribution in [1.29, 1.82) is 0 Å². The van der Waals surface area contributed by atoms with Crippen LogP contribution in [0.2, 0.25) is 0 Å². The molecule has 0 saturated heterocycles. The fraction of sp³-hybridized carbons (Fsp3) is 0.538. The normalized spacial score (nSPS) is 12.2. The molecule has 0 fully saturated rings. The molecule has 1 atom stereocenters. The second kappa shape index (κ2) is 7.66. The number of amides is 2. The van der Waals surface area contributed by atoms with Gasteiger partial charge in [0.2, 0.25) is 0 Å². The van der Waals surface area contributed by atoms with Gasteiger partial charge in [-0.3, -0.25) is 4.98 Å². The van der Waals surface area contributed by atoms with Gasteiger partial charge in [0, 0.05) is 31.5 Å². The summed E-state index contributed by atoms with van der Waals surface area (Å²) in [6.07, 6.45) is 3.43. The zero-order valence-corrected chi connectivity index (χ0v) is 11.3. The van der Waals surface area contributed by atoms with Crippen molar-refractivity contribution in [2.75, 3.05) is 20.1 Å². The minimum atomic E-state index is -0.135. The largest absolute Gasteiger partial charge is 0.334 e. The highest BCUT2D eigenvalue weighted by atomic mass is 16.2. The number of pyridine rings is 1. The molecule has 0 aliphatic rings. The summed E-state index contributed by atoms with van der Waals surface area (Å²) >= 11 is 0. The summed E-state index contributed by atoms with van der Waals surface area (Å²) in [5.41, 5.74) is 1.04. The summed E-state index contributed by atoms with van der Waals surface area (Å²) in [5, 5.41) is 5.73. The Morgan fingerprint density at radius 2 is 2.11 bits per heavy atom. The molecule has 0 bridgehead atoms. The van der Waals surface area contributed by atoms with E-state index < -0.39 is 0 Å². The van der Waals surface area contributed by atoms with Gasteiger partial charge in [0.15, 0.2) is 0 Å². The van der Waals surface area contributed by atoms with E-state index >= 15 is 0 Å². The quantitative estimate of drug-likeness (QED) is 0.798. The molecule has 1 unspecified atom stereocenters. The van der Waals surface area contributed by atoms with Gasteiger partial charge in [-0.05, 0) is 38.2 Å². The standard InChI is InChI=1S/C13H22N4O/c1-4-17(3)10-11(2)16-13(18)15-9-12-5-7-14-8-6-12/h5-8,11H,4,9-10H2,1-3H3,(H2,15,16,18). The molecule has 0 radical (unpaired) electrons. The lowest BCUT2D eigenvalue weighted by Gasteiger charge is -2.20. The van der Waals surface area contributed by atoms with Crippen molar-refractivity contribution in [2.45, 2.75) is 26.4 Å². The Hall–Kier alpha value is -1.62. The van der Waals surface area contributed by atoms with Gasteiger partial charge in [0.25, 0.3) is 0 Å². The smallest absolute Gasteiger partial charge is 0.315 e. The van der Waals surface area contributed by atoms with E-state index in [4.69, 9.17) is 0 Å². The van der Waals surface area contributed by atoms with Crippen LogP contribution >= 0.6 is 0 Å². The fourth-order valence-corrected chi connectivity index (χ4v) is 1.60. The summed E-state index contributed by atoms with van der Waals surface area (Å²) in [6.45, 7) is 6.43. The molecule has 100 valence electrons. The average molecular weight is 250 g/mol. The van der Waals surface area contributed by atoms with Gasteiger partial charge in [-0.2, -0.15) is 0 Å². The summed E-state index contributed by atoms with van der Waals surface area (Å²) in [7, 11) is 2.03. The Balaban J connectivity index is 2.25. The topological polar surface area (TPSA) is 57.3 Å². The zero-order chi connectivity index (χ0) is 13.4. The van der Waals surface area contributed by atoms with Crippen LogP contribution in [0.25, 0.3) is 0 Å². The van der Waals surface area contributed by atoms with E-state index in [1.807, 2.05) is 26.1 Å². The van der Waals surface area contributed by atoms with E-state index in [1.165, 1.54) is 0 Å². The Bertz CT molecular complexity index is 355. The molecule has 5 nitrogen and oxygen atoms in total. The van der Waals surface area contributed by atoms with Crippen LogP contribution in [0.3, 0.4) is 0 Å². The van der Waals surface area contributed by atoms with Gasteiger partial charge >= 0.3 is 6.03 Å². The van der Waals surface area contributed by atoms with E-state index in [0.717, 1.165) is 18.7 Å². The number of hydrogen-bond acceptors (Lipinski definition) is 3. The van der Waals surface area contributed by atoms with Gasteiger partial charge in [-0.25, -0.2) is 4.79 Å². The van der Waals surface area contributed by atoms with Crippen molar-refractivity contribution in [3.05, 3.63) is 30.1 Å². The summed E-state index contributed by atoms with van der Waals surface area (Å²) in [5.74, 6) is 0. The fourth-order valence-electron chi connectivity index (χ4n) is 1.60. The second-order valence-corrected chi connectivity index (χ2v) is 4.44. The molecule has 1 aromatic rings. The lowest BCUT2D eigenvalue weighted by atomic mass is 10.3. The maximum absolute atomic E-state index is 11.6. The SMILES string of the molecule is CCN(C)CC(C)NC(=O)NCc1ccncc1. The molecule has 0 aliphatic carbocycles. The first-order valence-corrected chi connectivity index (χ1v) is 6.23. The van der Waals surface area contributed by atoms with Crippen molar-refractivity contribution in [3.8, 4) is 0 Å². The van der Waals surface area contributed by atoms with Crippen LogP contribution in [-0.4, -0.2) is 42.1 Å². The molecule has 0 aliphatic heterocycles. The number of hydrogen-bond donors (Lipinski definition) is 2. The number of aromatic nitrogens is 1. The van der Waals surface area contributed by atoms with Crippen LogP contribution in [0.4, 0.5) is 4.79 Å². The van der Waals surface area contributed by atoms with Crippen molar-refractivity contribution in [2.24, 2.45) is 0 Å². The number of likely N-dealkylation sites (N-methyl/N-ethyl adjacent to an activating group) is 1. The first-order chi connectivity index (χ1) is 8.61. The van der Waals surface area contributed by atoms with Crippen molar-refractivity contribution >= 4 is 6.03 Å². The maximum Gasteiger partial charge on any atom is 0.315 e. The van der Waals surface area contributed by atoms with E-state index in [9.17, 15) is 4.79 Å². The molecule has 1 rings (SSSR count). The van der Waals surface area contributed by atoms with Crippen LogP contribution in [0.1, 0.15) is 19.4 Å². The van der Waals surface area contributed by atoms with Crippen LogP contribution in [0.5, 0.6) is 0 Å². The second-order valence-electron chi connectivity index (χ2n) is 4.44. The first-order valence-electron chi connectivity index (χ1n) is 6.23. The maximum atomic E-state index is 11.6. The van der Waals surface area contributed by atoms with Crippen molar-refractivity contribution < 1.29 is 4.79 Å². The third kappa shape index (κ3) is 5.63. The number of nitrogens with one attached hydrogen (secondary N) is 2. The summed E-state index contributed by atoms with van der Waals surface area (Å²) < 4.78 is 0. The van der Waals surface area contributed by atoms with E-state index in [-0.39, 0.29) is 12.1 Å². The number of carbonyl (C=O) groups excluding carboxylic acids is 1. The lowest BCUT2D eigenvalue weighted by molar-refractivity contribution is 0.232. The number of rotatable bonds is 6.